The van der Waals surface area contributed by atoms with Crippen molar-refractivity contribution in [1.29, 1.82) is 0 Å². The van der Waals surface area contributed by atoms with Crippen molar-refractivity contribution in [3.63, 3.8) is 0 Å². The van der Waals surface area contributed by atoms with Crippen LogP contribution in [0.2, 0.25) is 0 Å². The molecule has 47 heavy (non-hydrogen) atoms. The fourth-order valence-electron chi connectivity index (χ4n) is 6.28. The number of rotatable bonds is 11. The summed E-state index contributed by atoms with van der Waals surface area (Å²) in [6.45, 7) is 4.32. The van der Waals surface area contributed by atoms with Crippen molar-refractivity contribution in [2.45, 2.75) is 57.5 Å². The summed E-state index contributed by atoms with van der Waals surface area (Å²) < 4.78 is 19.0. The lowest BCUT2D eigenvalue weighted by Crippen LogP contribution is -2.46. The van der Waals surface area contributed by atoms with Gasteiger partial charge in [0.1, 0.15) is 11.5 Å². The molecule has 2 heterocycles. The first-order chi connectivity index (χ1) is 23.0. The summed E-state index contributed by atoms with van der Waals surface area (Å²) in [5.41, 5.74) is 4.39. The van der Waals surface area contributed by atoms with Gasteiger partial charge in [-0.3, -0.25) is 4.90 Å². The minimum Gasteiger partial charge on any atom is -0.457 e. The number of hydrogen-bond donors (Lipinski definition) is 4. The lowest BCUT2D eigenvalue weighted by atomic mass is 9.90. The molecule has 246 valence electrons. The van der Waals surface area contributed by atoms with E-state index in [1.165, 1.54) is 0 Å². The fourth-order valence-corrected chi connectivity index (χ4v) is 6.28. The number of carbonyl (C=O) groups excluding carboxylic acids is 1. The quantitative estimate of drug-likeness (QED) is 0.148. The maximum absolute atomic E-state index is 12.6. The molecule has 2 aliphatic heterocycles. The zero-order chi connectivity index (χ0) is 32.6. The van der Waals surface area contributed by atoms with E-state index in [0.29, 0.717) is 18.0 Å². The number of anilines is 1. The number of amides is 2. The Bertz CT molecular complexity index is 1570. The van der Waals surface area contributed by atoms with Crippen molar-refractivity contribution in [3.05, 3.63) is 125 Å². The van der Waals surface area contributed by atoms with Crippen LogP contribution in [-0.4, -0.2) is 53.0 Å². The number of ether oxygens (including phenoxy) is 3. The van der Waals surface area contributed by atoms with Gasteiger partial charge >= 0.3 is 6.03 Å². The highest BCUT2D eigenvalue weighted by Gasteiger charge is 2.40. The topological polar surface area (TPSA) is 113 Å². The zero-order valence-electron chi connectivity index (χ0n) is 26.6. The number of aliphatic hydroxyl groups is 2. The second-order valence-electron chi connectivity index (χ2n) is 12.3. The molecule has 0 aromatic heterocycles. The maximum Gasteiger partial charge on any atom is 0.319 e. The number of nitrogens with one attached hydrogen (secondary N) is 2. The maximum atomic E-state index is 12.6. The molecule has 0 saturated carbocycles. The highest BCUT2D eigenvalue weighted by Crippen LogP contribution is 2.42. The average molecular weight is 638 g/mol. The van der Waals surface area contributed by atoms with Crippen LogP contribution in [0.3, 0.4) is 0 Å². The smallest absolute Gasteiger partial charge is 0.319 e. The summed E-state index contributed by atoms with van der Waals surface area (Å²) >= 11 is 0. The van der Waals surface area contributed by atoms with Crippen LogP contribution in [0.1, 0.15) is 54.4 Å². The molecule has 4 aromatic carbocycles. The summed E-state index contributed by atoms with van der Waals surface area (Å²) in [4.78, 5) is 14.9. The van der Waals surface area contributed by atoms with Gasteiger partial charge < -0.3 is 35.1 Å². The first kappa shape index (κ1) is 32.7. The van der Waals surface area contributed by atoms with Gasteiger partial charge in [0.05, 0.1) is 25.4 Å². The van der Waals surface area contributed by atoms with Crippen molar-refractivity contribution in [2.75, 3.05) is 25.0 Å². The van der Waals surface area contributed by atoms with Gasteiger partial charge in [0.15, 0.2) is 6.29 Å². The molecule has 0 unspecified atom stereocenters. The molecule has 9 heteroatoms. The third-order valence-corrected chi connectivity index (χ3v) is 9.04. The standard InChI is InChI=1S/C38H43N3O6/c1-26-35(23-41-21-5-6-32(41)25-43)46-37(47-36(26)29-13-11-28(24-42)12-14-29)30-15-9-27(10-16-30)22-39-38(44)40-31-17-19-34(20-18-31)45-33-7-3-2-4-8-33/h2-4,7-20,26,32,35-37,42-43H,5-6,21-25H2,1H3,(H2,39,40,44)/t26-,32-,35+,36+,37+/m0/s1. The van der Waals surface area contributed by atoms with Gasteiger partial charge in [-0.05, 0) is 72.5 Å². The number of nitrogens with zero attached hydrogens (tertiary/aromatic N) is 1. The molecular formula is C38H43N3O6. The molecule has 0 bridgehead atoms. The average Bonchev–Trinajstić information content (AvgIpc) is 3.57. The number of para-hydroxylation sites is 1. The molecule has 2 amide bonds. The number of aliphatic hydroxyl groups excluding tert-OH is 2. The van der Waals surface area contributed by atoms with Gasteiger partial charge in [-0.15, -0.1) is 0 Å². The van der Waals surface area contributed by atoms with Crippen LogP contribution in [-0.2, 0) is 22.6 Å². The highest BCUT2D eigenvalue weighted by atomic mass is 16.7. The zero-order valence-corrected chi connectivity index (χ0v) is 26.6. The predicted octanol–water partition coefficient (Wildman–Crippen LogP) is 6.54. The van der Waals surface area contributed by atoms with Crippen LogP contribution in [0.15, 0.2) is 103 Å². The Labute approximate surface area is 276 Å². The van der Waals surface area contributed by atoms with Crippen molar-refractivity contribution >= 4 is 11.7 Å². The third-order valence-electron chi connectivity index (χ3n) is 9.04. The third kappa shape index (κ3) is 8.38. The van der Waals surface area contributed by atoms with E-state index in [1.54, 1.807) is 12.1 Å². The van der Waals surface area contributed by atoms with Crippen LogP contribution >= 0.6 is 0 Å². The van der Waals surface area contributed by atoms with Crippen LogP contribution in [0.25, 0.3) is 0 Å². The Hall–Kier alpha value is -4.25. The first-order valence-electron chi connectivity index (χ1n) is 16.3. The monoisotopic (exact) mass is 637 g/mol. The fraction of sp³-hybridized carbons (Fsp3) is 0.342. The largest absolute Gasteiger partial charge is 0.457 e. The molecule has 0 radical (unpaired) electrons. The van der Waals surface area contributed by atoms with Crippen LogP contribution in [0, 0.1) is 5.92 Å². The van der Waals surface area contributed by atoms with Crippen LogP contribution in [0.5, 0.6) is 11.5 Å². The Morgan fingerprint density at radius 1 is 0.851 bits per heavy atom. The number of urea groups is 1. The van der Waals surface area contributed by atoms with E-state index in [9.17, 15) is 15.0 Å². The molecule has 4 N–H and O–H groups in total. The lowest BCUT2D eigenvalue weighted by molar-refractivity contribution is -0.276. The Morgan fingerprint density at radius 2 is 1.53 bits per heavy atom. The Morgan fingerprint density at radius 3 is 2.23 bits per heavy atom. The van der Waals surface area contributed by atoms with Crippen molar-refractivity contribution in [3.8, 4) is 11.5 Å². The minimum absolute atomic E-state index is 0.00614. The summed E-state index contributed by atoms with van der Waals surface area (Å²) in [5, 5.41) is 25.2. The molecular weight excluding hydrogens is 594 g/mol. The van der Waals surface area contributed by atoms with Crippen LogP contribution < -0.4 is 15.4 Å². The van der Waals surface area contributed by atoms with E-state index in [0.717, 1.165) is 53.9 Å². The van der Waals surface area contributed by atoms with Crippen molar-refractivity contribution < 1.29 is 29.2 Å². The molecule has 6 rings (SSSR count). The second kappa shape index (κ2) is 15.6. The van der Waals surface area contributed by atoms with E-state index in [1.807, 2.05) is 91.0 Å². The normalized spacial score (nSPS) is 22.9. The van der Waals surface area contributed by atoms with Gasteiger partial charge in [0, 0.05) is 36.3 Å². The number of hydrogen-bond acceptors (Lipinski definition) is 7. The summed E-state index contributed by atoms with van der Waals surface area (Å²) in [5.74, 6) is 1.51. The molecule has 9 nitrogen and oxygen atoms in total. The highest BCUT2D eigenvalue weighted by molar-refractivity contribution is 5.89. The van der Waals surface area contributed by atoms with Gasteiger partial charge in [0.2, 0.25) is 0 Å². The number of carbonyl (C=O) groups is 1. The predicted molar refractivity (Wildman–Crippen MR) is 180 cm³/mol. The van der Waals surface area contributed by atoms with Gasteiger partial charge in [-0.1, -0.05) is 73.7 Å². The Kier molecular flexibility index (Phi) is 10.8. The molecule has 2 saturated heterocycles. The summed E-state index contributed by atoms with van der Waals surface area (Å²) in [6, 6.07) is 32.4. The molecule has 5 atom stereocenters. The molecule has 4 aromatic rings. The van der Waals surface area contributed by atoms with Crippen molar-refractivity contribution in [2.24, 2.45) is 5.92 Å². The second-order valence-corrected chi connectivity index (χ2v) is 12.3. The Balaban J connectivity index is 1.07. The summed E-state index contributed by atoms with van der Waals surface area (Å²) in [6.07, 6.45) is 1.18. The number of benzene rings is 4. The SMILES string of the molecule is C[C@H]1[C@@H](CN2CCC[C@H]2CO)O[C@@H](c2ccc(CNC(=O)Nc3ccc(Oc4ccccc4)cc3)cc2)O[C@H]1c1ccc(CO)cc1. The number of likely N-dealkylation sites (tertiary alicyclic amines) is 1. The lowest BCUT2D eigenvalue weighted by Gasteiger charge is -2.43. The van der Waals surface area contributed by atoms with E-state index in [2.05, 4.69) is 22.5 Å². The van der Waals surface area contributed by atoms with Crippen LogP contribution in [0.4, 0.5) is 10.5 Å². The first-order valence-corrected chi connectivity index (χ1v) is 16.3. The van der Waals surface area contributed by atoms with E-state index in [-0.39, 0.29) is 43.4 Å². The van der Waals surface area contributed by atoms with Gasteiger partial charge in [0.25, 0.3) is 0 Å². The van der Waals surface area contributed by atoms with Gasteiger partial charge in [-0.2, -0.15) is 0 Å². The van der Waals surface area contributed by atoms with E-state index < -0.39 is 6.29 Å². The van der Waals surface area contributed by atoms with E-state index >= 15 is 0 Å². The van der Waals surface area contributed by atoms with Gasteiger partial charge in [-0.25, -0.2) is 4.79 Å². The molecule has 2 fully saturated rings. The van der Waals surface area contributed by atoms with Crippen molar-refractivity contribution in [1.82, 2.24) is 10.2 Å². The van der Waals surface area contributed by atoms with E-state index in [4.69, 9.17) is 14.2 Å². The summed E-state index contributed by atoms with van der Waals surface area (Å²) in [7, 11) is 0. The molecule has 0 spiro atoms. The molecule has 2 aliphatic rings. The molecule has 0 aliphatic carbocycles. The minimum atomic E-state index is -0.576.